The summed E-state index contributed by atoms with van der Waals surface area (Å²) in [5.41, 5.74) is 6.04. The quantitative estimate of drug-likeness (QED) is 0.599. The van der Waals surface area contributed by atoms with Crippen molar-refractivity contribution >= 4 is 28.5 Å². The van der Waals surface area contributed by atoms with Gasteiger partial charge in [0.15, 0.2) is 0 Å². The van der Waals surface area contributed by atoms with Crippen molar-refractivity contribution in [3.05, 3.63) is 70.9 Å². The lowest BCUT2D eigenvalue weighted by Crippen LogP contribution is -2.41. The van der Waals surface area contributed by atoms with E-state index in [2.05, 4.69) is 25.1 Å². The fraction of sp³-hybridized carbons (Fsp3) is 0.333. The summed E-state index contributed by atoms with van der Waals surface area (Å²) < 4.78 is 10.8. The Balaban J connectivity index is 1.67. The van der Waals surface area contributed by atoms with Gasteiger partial charge in [-0.15, -0.1) is 0 Å². The number of carbonyl (C=O) groups is 1. The Morgan fingerprint density at radius 3 is 2.59 bits per heavy atom. The largest absolute Gasteiger partial charge is 0.497 e. The molecule has 2 aliphatic rings. The number of fused-ring (bicyclic) bond motifs is 2. The maximum Gasteiger partial charge on any atom is 0.255 e. The molecule has 1 amide bonds. The summed E-state index contributed by atoms with van der Waals surface area (Å²) >= 11 is 0. The maximum absolute atomic E-state index is 13.7. The summed E-state index contributed by atoms with van der Waals surface area (Å²) in [5.74, 6) is 1.37. The maximum atomic E-state index is 13.7. The van der Waals surface area contributed by atoms with Crippen LogP contribution in [0.1, 0.15) is 40.5 Å². The number of benzene rings is 2. The summed E-state index contributed by atoms with van der Waals surface area (Å²) in [7, 11) is 1.68. The van der Waals surface area contributed by atoms with Crippen LogP contribution in [0.25, 0.3) is 22.6 Å². The number of amides is 1. The molecule has 1 aliphatic carbocycles. The highest BCUT2D eigenvalue weighted by molar-refractivity contribution is 6.09. The molecule has 164 valence electrons. The van der Waals surface area contributed by atoms with Gasteiger partial charge in [-0.3, -0.25) is 4.79 Å². The molecule has 0 bridgehead atoms. The van der Waals surface area contributed by atoms with Gasteiger partial charge < -0.3 is 14.4 Å². The van der Waals surface area contributed by atoms with E-state index in [0.717, 1.165) is 51.9 Å². The SMILES string of the molecule is COc1ccc(/C=C2/C[C@@H](C)Cc3c2nc2ccccc2c3C(=O)N2CCOCC2)cc1. The van der Waals surface area contributed by atoms with E-state index in [1.165, 1.54) is 5.57 Å². The molecule has 0 unspecified atom stereocenters. The van der Waals surface area contributed by atoms with Gasteiger partial charge in [0, 0.05) is 18.5 Å². The Kier molecular flexibility index (Phi) is 5.66. The molecular weight excluding hydrogens is 400 g/mol. The number of morpholine rings is 1. The molecule has 3 aromatic rings. The van der Waals surface area contributed by atoms with Crippen molar-refractivity contribution in [1.29, 1.82) is 0 Å². The molecular formula is C27H28N2O3. The first kappa shape index (κ1) is 20.7. The molecule has 5 nitrogen and oxygen atoms in total. The fourth-order valence-corrected chi connectivity index (χ4v) is 4.81. The molecule has 1 aliphatic heterocycles. The Bertz CT molecular complexity index is 1180. The normalized spacial score (nSPS) is 19.8. The number of para-hydroxylation sites is 1. The lowest BCUT2D eigenvalue weighted by molar-refractivity contribution is 0.0303. The highest BCUT2D eigenvalue weighted by atomic mass is 16.5. The Morgan fingerprint density at radius 2 is 1.84 bits per heavy atom. The summed E-state index contributed by atoms with van der Waals surface area (Å²) in [6, 6.07) is 16.1. The number of hydrogen-bond acceptors (Lipinski definition) is 4. The Labute approximate surface area is 188 Å². The predicted octanol–water partition coefficient (Wildman–Crippen LogP) is 4.84. The number of hydrogen-bond donors (Lipinski definition) is 0. The van der Waals surface area contributed by atoms with Gasteiger partial charge in [0.2, 0.25) is 0 Å². The topological polar surface area (TPSA) is 51.7 Å². The second kappa shape index (κ2) is 8.75. The van der Waals surface area contributed by atoms with Gasteiger partial charge in [-0.25, -0.2) is 4.98 Å². The van der Waals surface area contributed by atoms with Gasteiger partial charge in [-0.1, -0.05) is 37.3 Å². The minimum absolute atomic E-state index is 0.0982. The van der Waals surface area contributed by atoms with Crippen LogP contribution in [-0.4, -0.2) is 49.2 Å². The molecule has 2 heterocycles. The summed E-state index contributed by atoms with van der Waals surface area (Å²) in [4.78, 5) is 20.7. The van der Waals surface area contributed by atoms with Crippen LogP contribution in [0, 0.1) is 5.92 Å². The number of nitrogens with zero attached hydrogens (tertiary/aromatic N) is 2. The van der Waals surface area contributed by atoms with Gasteiger partial charge in [-0.2, -0.15) is 0 Å². The van der Waals surface area contributed by atoms with Crippen LogP contribution in [0.15, 0.2) is 48.5 Å². The lowest BCUT2D eigenvalue weighted by atomic mass is 9.80. The lowest BCUT2D eigenvalue weighted by Gasteiger charge is -2.31. The highest BCUT2D eigenvalue weighted by Gasteiger charge is 2.30. The van der Waals surface area contributed by atoms with Crippen molar-refractivity contribution in [2.24, 2.45) is 5.92 Å². The molecule has 1 aromatic heterocycles. The van der Waals surface area contributed by atoms with Crippen LogP contribution >= 0.6 is 0 Å². The van der Waals surface area contributed by atoms with E-state index < -0.39 is 0 Å². The number of allylic oxidation sites excluding steroid dienone is 1. The van der Waals surface area contributed by atoms with Crippen molar-refractivity contribution in [3.63, 3.8) is 0 Å². The molecule has 0 radical (unpaired) electrons. The van der Waals surface area contributed by atoms with Gasteiger partial charge in [0.25, 0.3) is 5.91 Å². The molecule has 0 spiro atoms. The predicted molar refractivity (Wildman–Crippen MR) is 127 cm³/mol. The zero-order valence-corrected chi connectivity index (χ0v) is 18.6. The number of pyridine rings is 1. The third-order valence-electron chi connectivity index (χ3n) is 6.39. The van der Waals surface area contributed by atoms with E-state index in [4.69, 9.17) is 14.5 Å². The number of aromatic nitrogens is 1. The van der Waals surface area contributed by atoms with Crippen LogP contribution in [0.5, 0.6) is 5.75 Å². The van der Waals surface area contributed by atoms with Gasteiger partial charge in [0.05, 0.1) is 37.1 Å². The monoisotopic (exact) mass is 428 g/mol. The van der Waals surface area contributed by atoms with Gasteiger partial charge in [-0.05, 0) is 59.7 Å². The first-order valence-electron chi connectivity index (χ1n) is 11.3. The van der Waals surface area contributed by atoms with Crippen molar-refractivity contribution < 1.29 is 14.3 Å². The van der Waals surface area contributed by atoms with Crippen LogP contribution < -0.4 is 4.74 Å². The Morgan fingerprint density at radius 1 is 1.09 bits per heavy atom. The van der Waals surface area contributed by atoms with E-state index in [0.29, 0.717) is 32.2 Å². The minimum Gasteiger partial charge on any atom is -0.497 e. The molecule has 2 aromatic carbocycles. The highest BCUT2D eigenvalue weighted by Crippen LogP contribution is 2.39. The molecule has 1 saturated heterocycles. The zero-order valence-electron chi connectivity index (χ0n) is 18.6. The fourth-order valence-electron chi connectivity index (χ4n) is 4.81. The van der Waals surface area contributed by atoms with Crippen LogP contribution in [-0.2, 0) is 11.2 Å². The summed E-state index contributed by atoms with van der Waals surface area (Å²) in [5, 5.41) is 0.945. The average Bonchev–Trinajstić information content (AvgIpc) is 2.83. The third kappa shape index (κ3) is 3.89. The Hall–Kier alpha value is -3.18. The van der Waals surface area contributed by atoms with E-state index in [-0.39, 0.29) is 5.91 Å². The van der Waals surface area contributed by atoms with E-state index in [1.807, 2.05) is 41.3 Å². The van der Waals surface area contributed by atoms with Gasteiger partial charge >= 0.3 is 0 Å². The smallest absolute Gasteiger partial charge is 0.255 e. The molecule has 5 rings (SSSR count). The number of carbonyl (C=O) groups excluding carboxylic acids is 1. The number of ether oxygens (including phenoxy) is 2. The molecule has 0 N–H and O–H groups in total. The zero-order chi connectivity index (χ0) is 22.1. The van der Waals surface area contributed by atoms with Crippen molar-refractivity contribution in [2.45, 2.75) is 19.8 Å². The van der Waals surface area contributed by atoms with Crippen LogP contribution in [0.2, 0.25) is 0 Å². The third-order valence-corrected chi connectivity index (χ3v) is 6.39. The molecule has 1 atom stereocenters. The second-order valence-electron chi connectivity index (χ2n) is 8.69. The van der Waals surface area contributed by atoms with Gasteiger partial charge in [0.1, 0.15) is 5.75 Å². The number of rotatable bonds is 3. The van der Waals surface area contributed by atoms with E-state index >= 15 is 0 Å². The van der Waals surface area contributed by atoms with E-state index in [1.54, 1.807) is 7.11 Å². The minimum atomic E-state index is 0.0982. The summed E-state index contributed by atoms with van der Waals surface area (Å²) in [6.45, 7) is 4.71. The first-order chi connectivity index (χ1) is 15.6. The van der Waals surface area contributed by atoms with Crippen molar-refractivity contribution in [2.75, 3.05) is 33.4 Å². The first-order valence-corrected chi connectivity index (χ1v) is 11.3. The van der Waals surface area contributed by atoms with E-state index in [9.17, 15) is 4.79 Å². The number of methoxy groups -OCH3 is 1. The van der Waals surface area contributed by atoms with Crippen molar-refractivity contribution in [3.8, 4) is 5.75 Å². The molecule has 32 heavy (non-hydrogen) atoms. The summed E-state index contributed by atoms with van der Waals surface area (Å²) in [6.07, 6.45) is 4.01. The van der Waals surface area contributed by atoms with Crippen LogP contribution in [0.4, 0.5) is 0 Å². The second-order valence-corrected chi connectivity index (χ2v) is 8.69. The standard InChI is InChI=1S/C27H28N2O3/c1-18-15-20(17-19-7-9-21(31-2)10-8-19)26-23(16-18)25(22-5-3-4-6-24(22)28-26)27(30)29-11-13-32-14-12-29/h3-10,17-18H,11-16H2,1-2H3/b20-17-/t18-/m1/s1. The molecule has 1 fully saturated rings. The van der Waals surface area contributed by atoms with Crippen LogP contribution in [0.3, 0.4) is 0 Å². The van der Waals surface area contributed by atoms with Crippen molar-refractivity contribution in [1.82, 2.24) is 9.88 Å². The molecule has 5 heteroatoms. The average molecular weight is 429 g/mol. The molecule has 0 saturated carbocycles.